The summed E-state index contributed by atoms with van der Waals surface area (Å²) in [5, 5.41) is 0. The van der Waals surface area contributed by atoms with Crippen molar-refractivity contribution in [2.75, 3.05) is 31.8 Å². The largest absolute Gasteiger partial charge is 0.497 e. The Morgan fingerprint density at radius 1 is 1.45 bits per heavy atom. The highest BCUT2D eigenvalue weighted by molar-refractivity contribution is 8.00. The van der Waals surface area contributed by atoms with Crippen molar-refractivity contribution in [3.8, 4) is 5.75 Å². The minimum absolute atomic E-state index is 0.0427. The summed E-state index contributed by atoms with van der Waals surface area (Å²) < 4.78 is 5.27. The molecule has 0 spiro atoms. The van der Waals surface area contributed by atoms with E-state index in [0.717, 1.165) is 30.7 Å². The third-order valence-electron chi connectivity index (χ3n) is 4.20. The van der Waals surface area contributed by atoms with Gasteiger partial charge >= 0.3 is 0 Å². The van der Waals surface area contributed by atoms with E-state index in [1.165, 1.54) is 0 Å². The molecule has 2 aliphatic rings. The van der Waals surface area contributed by atoms with Crippen molar-refractivity contribution >= 4 is 23.6 Å². The summed E-state index contributed by atoms with van der Waals surface area (Å²) in [6.45, 7) is 0.961. The number of hydrogen-bond acceptors (Lipinski definition) is 4. The molecular formula is C16H20N2O3S. The number of amides is 2. The lowest BCUT2D eigenvalue weighted by Crippen LogP contribution is -2.40. The maximum Gasteiger partial charge on any atom is 0.242 e. The molecule has 0 aliphatic carbocycles. The normalized spacial score (nSPS) is 21.5. The van der Waals surface area contributed by atoms with E-state index in [1.807, 2.05) is 29.2 Å². The van der Waals surface area contributed by atoms with Crippen molar-refractivity contribution in [1.29, 1.82) is 0 Å². The summed E-state index contributed by atoms with van der Waals surface area (Å²) in [5.74, 6) is 2.04. The lowest BCUT2D eigenvalue weighted by molar-refractivity contribution is -0.138. The predicted molar refractivity (Wildman–Crippen MR) is 85.7 cm³/mol. The number of likely N-dealkylation sites (tertiary alicyclic amines) is 1. The van der Waals surface area contributed by atoms with Crippen LogP contribution in [0, 0.1) is 0 Å². The molecule has 2 fully saturated rings. The van der Waals surface area contributed by atoms with Crippen molar-refractivity contribution in [1.82, 2.24) is 9.80 Å². The summed E-state index contributed by atoms with van der Waals surface area (Å²) >= 11 is 1.57. The molecule has 0 aromatic heterocycles. The van der Waals surface area contributed by atoms with E-state index in [4.69, 9.17) is 4.74 Å². The summed E-state index contributed by atoms with van der Waals surface area (Å²) in [7, 11) is 1.65. The van der Waals surface area contributed by atoms with Gasteiger partial charge in [-0.05, 0) is 30.5 Å². The van der Waals surface area contributed by atoms with E-state index < -0.39 is 0 Å². The first kappa shape index (κ1) is 15.2. The molecule has 6 heteroatoms. The predicted octanol–water partition coefficient (Wildman–Crippen LogP) is 1.89. The number of hydrogen-bond donors (Lipinski definition) is 0. The van der Waals surface area contributed by atoms with Gasteiger partial charge in [0.25, 0.3) is 0 Å². The monoisotopic (exact) mass is 320 g/mol. The second-order valence-electron chi connectivity index (χ2n) is 5.59. The lowest BCUT2D eigenvalue weighted by Gasteiger charge is -2.27. The Balaban J connectivity index is 1.72. The average molecular weight is 320 g/mol. The zero-order chi connectivity index (χ0) is 15.5. The van der Waals surface area contributed by atoms with Gasteiger partial charge in [-0.1, -0.05) is 12.1 Å². The molecular weight excluding hydrogens is 300 g/mol. The first-order valence-corrected chi connectivity index (χ1v) is 8.63. The third-order valence-corrected chi connectivity index (χ3v) is 5.15. The second-order valence-corrected chi connectivity index (χ2v) is 6.55. The van der Waals surface area contributed by atoms with Crippen molar-refractivity contribution in [3.63, 3.8) is 0 Å². The van der Waals surface area contributed by atoms with Crippen LogP contribution in [-0.4, -0.2) is 53.4 Å². The van der Waals surface area contributed by atoms with Gasteiger partial charge in [0.2, 0.25) is 11.8 Å². The number of benzene rings is 1. The van der Waals surface area contributed by atoms with E-state index in [0.29, 0.717) is 11.6 Å². The maximum atomic E-state index is 12.6. The quantitative estimate of drug-likeness (QED) is 0.850. The Kier molecular flexibility index (Phi) is 4.57. The molecule has 1 atom stereocenters. The Hall–Kier alpha value is -1.69. The van der Waals surface area contributed by atoms with Crippen LogP contribution in [0.15, 0.2) is 24.3 Å². The minimum atomic E-state index is 0.0427. The average Bonchev–Trinajstić information content (AvgIpc) is 3.17. The van der Waals surface area contributed by atoms with E-state index in [2.05, 4.69) is 0 Å². The summed E-state index contributed by atoms with van der Waals surface area (Å²) in [6.07, 6.45) is 1.96. The van der Waals surface area contributed by atoms with Crippen LogP contribution in [-0.2, 0) is 9.59 Å². The van der Waals surface area contributed by atoms with Crippen LogP contribution in [0.2, 0.25) is 0 Å². The van der Waals surface area contributed by atoms with Crippen LogP contribution < -0.4 is 4.74 Å². The van der Waals surface area contributed by atoms with Crippen molar-refractivity contribution in [2.45, 2.75) is 18.9 Å². The molecule has 2 amide bonds. The van der Waals surface area contributed by atoms with Crippen LogP contribution in [0.1, 0.15) is 24.4 Å². The molecule has 1 aromatic rings. The number of methoxy groups -OCH3 is 1. The van der Waals surface area contributed by atoms with Gasteiger partial charge in [-0.25, -0.2) is 0 Å². The van der Waals surface area contributed by atoms with E-state index >= 15 is 0 Å². The van der Waals surface area contributed by atoms with Gasteiger partial charge in [-0.15, -0.1) is 11.8 Å². The molecule has 0 bridgehead atoms. The Morgan fingerprint density at radius 3 is 3.05 bits per heavy atom. The Morgan fingerprint density at radius 2 is 2.32 bits per heavy atom. The van der Waals surface area contributed by atoms with Gasteiger partial charge in [-0.2, -0.15) is 0 Å². The highest BCUT2D eigenvalue weighted by Crippen LogP contribution is 2.33. The van der Waals surface area contributed by atoms with Gasteiger partial charge < -0.3 is 14.5 Å². The molecule has 118 valence electrons. The number of ether oxygens (including phenoxy) is 1. The first-order chi connectivity index (χ1) is 10.7. The number of rotatable bonds is 4. The Bertz CT molecular complexity index is 578. The van der Waals surface area contributed by atoms with Gasteiger partial charge in [0.1, 0.15) is 12.3 Å². The summed E-state index contributed by atoms with van der Waals surface area (Å²) in [5.41, 5.74) is 1.10. The lowest BCUT2D eigenvalue weighted by atomic mass is 10.0. The van der Waals surface area contributed by atoms with Gasteiger partial charge in [0, 0.05) is 6.54 Å². The fourth-order valence-corrected chi connectivity index (χ4v) is 3.96. The molecule has 1 aromatic carbocycles. The molecule has 0 radical (unpaired) electrons. The number of thioether (sulfide) groups is 1. The molecule has 3 rings (SSSR count). The van der Waals surface area contributed by atoms with Crippen LogP contribution >= 0.6 is 11.8 Å². The van der Waals surface area contributed by atoms with Crippen LogP contribution in [0.3, 0.4) is 0 Å². The second kappa shape index (κ2) is 6.60. The number of carbonyl (C=O) groups is 2. The van der Waals surface area contributed by atoms with Crippen LogP contribution in [0.5, 0.6) is 5.75 Å². The molecule has 5 nitrogen and oxygen atoms in total. The van der Waals surface area contributed by atoms with E-state index in [-0.39, 0.29) is 24.4 Å². The summed E-state index contributed by atoms with van der Waals surface area (Å²) in [4.78, 5) is 27.8. The smallest absolute Gasteiger partial charge is 0.242 e. The maximum absolute atomic E-state index is 12.6. The molecule has 0 N–H and O–H groups in total. The standard InChI is InChI=1S/C16H20N2O3S/c1-21-13-5-2-4-12(8-13)14-6-3-7-18(14)15(19)9-17-11-22-10-16(17)20/h2,4-5,8,14H,3,6-7,9-11H2,1H3/t14-/m1/s1. The fraction of sp³-hybridized carbons (Fsp3) is 0.500. The summed E-state index contributed by atoms with van der Waals surface area (Å²) in [6, 6.07) is 7.98. The number of nitrogens with zero attached hydrogens (tertiary/aromatic N) is 2. The fourth-order valence-electron chi connectivity index (χ4n) is 3.05. The third kappa shape index (κ3) is 3.06. The zero-order valence-electron chi connectivity index (χ0n) is 12.7. The van der Waals surface area contributed by atoms with Gasteiger partial charge in [-0.3, -0.25) is 9.59 Å². The Labute approximate surface area is 134 Å². The van der Waals surface area contributed by atoms with E-state index in [9.17, 15) is 9.59 Å². The molecule has 2 heterocycles. The highest BCUT2D eigenvalue weighted by atomic mass is 32.2. The molecule has 22 heavy (non-hydrogen) atoms. The van der Waals surface area contributed by atoms with Crippen molar-refractivity contribution in [3.05, 3.63) is 29.8 Å². The van der Waals surface area contributed by atoms with E-state index in [1.54, 1.807) is 23.8 Å². The van der Waals surface area contributed by atoms with Crippen molar-refractivity contribution < 1.29 is 14.3 Å². The molecule has 2 aliphatic heterocycles. The zero-order valence-corrected chi connectivity index (χ0v) is 13.5. The van der Waals surface area contributed by atoms with Crippen molar-refractivity contribution in [2.24, 2.45) is 0 Å². The van der Waals surface area contributed by atoms with Gasteiger partial charge in [0.05, 0.1) is 24.8 Å². The van der Waals surface area contributed by atoms with Gasteiger partial charge in [0.15, 0.2) is 0 Å². The SMILES string of the molecule is COc1cccc([C@H]2CCCN2C(=O)CN2CSCC2=O)c1. The highest BCUT2D eigenvalue weighted by Gasteiger charge is 2.32. The first-order valence-electron chi connectivity index (χ1n) is 7.48. The number of carbonyl (C=O) groups excluding carboxylic acids is 2. The molecule has 2 saturated heterocycles. The van der Waals surface area contributed by atoms with Crippen LogP contribution in [0.25, 0.3) is 0 Å². The topological polar surface area (TPSA) is 49.9 Å². The molecule has 0 unspecified atom stereocenters. The minimum Gasteiger partial charge on any atom is -0.497 e. The van der Waals surface area contributed by atoms with Crippen LogP contribution in [0.4, 0.5) is 0 Å². The molecule has 0 saturated carbocycles.